The van der Waals surface area contributed by atoms with Gasteiger partial charge < -0.3 is 5.11 Å². The molecule has 13 heavy (non-hydrogen) atoms. The minimum absolute atomic E-state index is 0.399. The van der Waals surface area contributed by atoms with Gasteiger partial charge in [0, 0.05) is 11.3 Å². The van der Waals surface area contributed by atoms with Gasteiger partial charge in [-0.3, -0.25) is 0 Å². The van der Waals surface area contributed by atoms with Gasteiger partial charge in [-0.2, -0.15) is 0 Å². The van der Waals surface area contributed by atoms with Crippen molar-refractivity contribution in [3.8, 4) is 0 Å². The number of aliphatic hydroxyl groups is 1. The van der Waals surface area contributed by atoms with Gasteiger partial charge in [-0.15, -0.1) is 11.3 Å². The lowest BCUT2D eigenvalue weighted by Crippen LogP contribution is -2.26. The van der Waals surface area contributed by atoms with Gasteiger partial charge in [0.1, 0.15) is 0 Å². The van der Waals surface area contributed by atoms with Gasteiger partial charge in [0.25, 0.3) is 0 Å². The summed E-state index contributed by atoms with van der Waals surface area (Å²) in [6, 6.07) is 4.16. The Morgan fingerprint density at radius 3 is 2.62 bits per heavy atom. The van der Waals surface area contributed by atoms with Crippen LogP contribution in [0.15, 0.2) is 15.9 Å². The molecule has 3 heteroatoms. The summed E-state index contributed by atoms with van der Waals surface area (Å²) in [5, 5.41) is 10.1. The second-order valence-electron chi connectivity index (χ2n) is 3.81. The Morgan fingerprint density at radius 1 is 1.38 bits per heavy atom. The maximum Gasteiger partial charge on any atom is 0.0701 e. The van der Waals surface area contributed by atoms with Crippen LogP contribution in [-0.2, 0) is 6.42 Å². The van der Waals surface area contributed by atoms with Crippen LogP contribution in [-0.4, -0.2) is 10.7 Å². The van der Waals surface area contributed by atoms with Gasteiger partial charge in [0.05, 0.1) is 9.39 Å². The van der Waals surface area contributed by atoms with Crippen LogP contribution < -0.4 is 0 Å². The van der Waals surface area contributed by atoms with E-state index in [0.29, 0.717) is 0 Å². The molecule has 0 amide bonds. The molecular weight excluding hydrogens is 248 g/mol. The Hall–Kier alpha value is 0.140. The first-order valence-corrected chi connectivity index (χ1v) is 6.26. The van der Waals surface area contributed by atoms with E-state index in [1.165, 1.54) is 17.7 Å². The van der Waals surface area contributed by atoms with E-state index >= 15 is 0 Å². The number of halogens is 1. The van der Waals surface area contributed by atoms with Crippen molar-refractivity contribution in [3.05, 3.63) is 20.8 Å². The summed E-state index contributed by atoms with van der Waals surface area (Å²) in [7, 11) is 0. The van der Waals surface area contributed by atoms with E-state index in [9.17, 15) is 5.11 Å². The average Bonchev–Trinajstić information content (AvgIpc) is 2.62. The number of rotatable bonds is 2. The maximum absolute atomic E-state index is 10.1. The largest absolute Gasteiger partial charge is 0.390 e. The van der Waals surface area contributed by atoms with Crippen molar-refractivity contribution in [2.75, 3.05) is 0 Å². The predicted molar refractivity (Wildman–Crippen MR) is 59.1 cm³/mol. The molecule has 0 saturated heterocycles. The van der Waals surface area contributed by atoms with E-state index in [0.717, 1.165) is 23.0 Å². The molecule has 0 spiro atoms. The molecule has 2 rings (SSSR count). The van der Waals surface area contributed by atoms with E-state index in [1.807, 2.05) is 0 Å². The molecule has 0 atom stereocenters. The highest BCUT2D eigenvalue weighted by Gasteiger charge is 2.31. The van der Waals surface area contributed by atoms with Crippen LogP contribution in [0, 0.1) is 0 Å². The number of hydrogen-bond donors (Lipinski definition) is 1. The van der Waals surface area contributed by atoms with E-state index in [1.54, 1.807) is 11.3 Å². The standard InChI is InChI=1S/C10H13BrOS/c11-9-4-3-8(13-9)7-10(12)5-1-2-6-10/h3-4,12H,1-2,5-7H2. The molecule has 1 heterocycles. The molecule has 1 N–H and O–H groups in total. The monoisotopic (exact) mass is 260 g/mol. The van der Waals surface area contributed by atoms with Crippen molar-refractivity contribution in [1.29, 1.82) is 0 Å². The molecular formula is C10H13BrOS. The van der Waals surface area contributed by atoms with Gasteiger partial charge in [0.2, 0.25) is 0 Å². The van der Waals surface area contributed by atoms with Crippen molar-refractivity contribution < 1.29 is 5.11 Å². The molecule has 1 aliphatic rings. The molecule has 1 fully saturated rings. The highest BCUT2D eigenvalue weighted by Crippen LogP contribution is 2.35. The Balaban J connectivity index is 2.04. The molecule has 0 aromatic carbocycles. The van der Waals surface area contributed by atoms with Gasteiger partial charge in [0.15, 0.2) is 0 Å². The molecule has 1 aromatic heterocycles. The Kier molecular flexibility index (Phi) is 2.77. The Bertz CT molecular complexity index is 289. The molecule has 72 valence electrons. The number of thiophene rings is 1. The second-order valence-corrected chi connectivity index (χ2v) is 6.36. The third-order valence-electron chi connectivity index (χ3n) is 2.67. The van der Waals surface area contributed by atoms with E-state index in [-0.39, 0.29) is 0 Å². The minimum atomic E-state index is -0.399. The van der Waals surface area contributed by atoms with Crippen molar-refractivity contribution >= 4 is 27.3 Å². The smallest absolute Gasteiger partial charge is 0.0701 e. The fraction of sp³-hybridized carbons (Fsp3) is 0.600. The molecule has 0 aliphatic heterocycles. The van der Waals surface area contributed by atoms with Crippen LogP contribution >= 0.6 is 27.3 Å². The Morgan fingerprint density at radius 2 is 2.08 bits per heavy atom. The lowest BCUT2D eigenvalue weighted by atomic mass is 9.97. The lowest BCUT2D eigenvalue weighted by Gasteiger charge is -2.20. The summed E-state index contributed by atoms with van der Waals surface area (Å²) < 4.78 is 1.16. The quantitative estimate of drug-likeness (QED) is 0.865. The first kappa shape index (κ1) is 9.69. The fourth-order valence-corrected chi connectivity index (χ4v) is 3.60. The van der Waals surface area contributed by atoms with Crippen LogP contribution in [0.25, 0.3) is 0 Å². The first-order chi connectivity index (χ1) is 6.18. The van der Waals surface area contributed by atoms with Crippen molar-refractivity contribution in [2.45, 2.75) is 37.7 Å². The van der Waals surface area contributed by atoms with Crippen molar-refractivity contribution in [3.63, 3.8) is 0 Å². The first-order valence-electron chi connectivity index (χ1n) is 4.65. The maximum atomic E-state index is 10.1. The Labute approximate surface area is 90.9 Å². The molecule has 1 aliphatic carbocycles. The lowest BCUT2D eigenvalue weighted by molar-refractivity contribution is 0.0490. The number of hydrogen-bond acceptors (Lipinski definition) is 2. The molecule has 0 radical (unpaired) electrons. The summed E-state index contributed by atoms with van der Waals surface area (Å²) >= 11 is 5.17. The van der Waals surface area contributed by atoms with Crippen LogP contribution in [0.4, 0.5) is 0 Å². The summed E-state index contributed by atoms with van der Waals surface area (Å²) in [5.41, 5.74) is -0.399. The fourth-order valence-electron chi connectivity index (χ4n) is 1.98. The summed E-state index contributed by atoms with van der Waals surface area (Å²) in [6.45, 7) is 0. The van der Waals surface area contributed by atoms with E-state index in [4.69, 9.17) is 0 Å². The van der Waals surface area contributed by atoms with E-state index < -0.39 is 5.60 Å². The zero-order valence-electron chi connectivity index (χ0n) is 7.42. The predicted octanol–water partition coefficient (Wildman–Crippen LogP) is 3.36. The van der Waals surface area contributed by atoms with Gasteiger partial charge >= 0.3 is 0 Å². The molecule has 1 nitrogen and oxygen atoms in total. The summed E-state index contributed by atoms with van der Waals surface area (Å²) in [5.74, 6) is 0. The molecule has 1 aromatic rings. The molecule has 1 saturated carbocycles. The van der Waals surface area contributed by atoms with Crippen molar-refractivity contribution in [2.24, 2.45) is 0 Å². The molecule has 0 unspecified atom stereocenters. The third kappa shape index (κ3) is 2.33. The third-order valence-corrected chi connectivity index (χ3v) is 4.29. The van der Waals surface area contributed by atoms with E-state index in [2.05, 4.69) is 28.1 Å². The highest BCUT2D eigenvalue weighted by atomic mass is 79.9. The van der Waals surface area contributed by atoms with Crippen LogP contribution in [0.3, 0.4) is 0 Å². The summed E-state index contributed by atoms with van der Waals surface area (Å²) in [4.78, 5) is 1.29. The van der Waals surface area contributed by atoms with Crippen LogP contribution in [0.1, 0.15) is 30.6 Å². The van der Waals surface area contributed by atoms with Crippen molar-refractivity contribution in [1.82, 2.24) is 0 Å². The zero-order chi connectivity index (χ0) is 9.31. The van der Waals surface area contributed by atoms with Crippen LogP contribution in [0.2, 0.25) is 0 Å². The van der Waals surface area contributed by atoms with Crippen LogP contribution in [0.5, 0.6) is 0 Å². The highest BCUT2D eigenvalue weighted by molar-refractivity contribution is 9.11. The average molecular weight is 261 g/mol. The normalized spacial score (nSPS) is 20.8. The second kappa shape index (κ2) is 3.71. The minimum Gasteiger partial charge on any atom is -0.390 e. The summed E-state index contributed by atoms with van der Waals surface area (Å²) in [6.07, 6.45) is 5.15. The topological polar surface area (TPSA) is 20.2 Å². The SMILES string of the molecule is OC1(Cc2ccc(Br)s2)CCCC1. The zero-order valence-corrected chi connectivity index (χ0v) is 9.83. The van der Waals surface area contributed by atoms with Gasteiger partial charge in [-0.1, -0.05) is 12.8 Å². The van der Waals surface area contributed by atoms with Gasteiger partial charge in [-0.05, 0) is 40.9 Å². The van der Waals surface area contributed by atoms with Gasteiger partial charge in [-0.25, -0.2) is 0 Å². The molecule has 0 bridgehead atoms.